The highest BCUT2D eigenvalue weighted by molar-refractivity contribution is 5.93. The van der Waals surface area contributed by atoms with Crippen molar-refractivity contribution in [1.82, 2.24) is 14.7 Å². The van der Waals surface area contributed by atoms with Gasteiger partial charge in [0.1, 0.15) is 18.3 Å². The Kier molecular flexibility index (Phi) is 4.91. The molecule has 6 heteroatoms. The van der Waals surface area contributed by atoms with Crippen LogP contribution in [-0.4, -0.2) is 66.0 Å². The van der Waals surface area contributed by atoms with Gasteiger partial charge in [-0.25, -0.2) is 4.68 Å². The smallest absolute Gasteiger partial charge is 0.273 e. The van der Waals surface area contributed by atoms with Crippen LogP contribution in [0.3, 0.4) is 0 Å². The van der Waals surface area contributed by atoms with E-state index in [1.807, 2.05) is 46.0 Å². The lowest BCUT2D eigenvalue weighted by atomic mass is 10.2. The predicted molar refractivity (Wildman–Crippen MR) is 106 cm³/mol. The van der Waals surface area contributed by atoms with E-state index in [9.17, 15) is 4.79 Å². The van der Waals surface area contributed by atoms with Gasteiger partial charge in [-0.3, -0.25) is 4.79 Å². The average Bonchev–Trinajstić information content (AvgIpc) is 3.28. The zero-order chi connectivity index (χ0) is 18.9. The second-order valence-electron chi connectivity index (χ2n) is 8.36. The maximum atomic E-state index is 13.3. The van der Waals surface area contributed by atoms with Crippen molar-refractivity contribution in [3.8, 4) is 5.69 Å². The van der Waals surface area contributed by atoms with Crippen molar-refractivity contribution in [2.75, 3.05) is 39.3 Å². The second-order valence-corrected chi connectivity index (χ2v) is 8.36. The van der Waals surface area contributed by atoms with Crippen molar-refractivity contribution < 1.29 is 14.4 Å². The highest BCUT2D eigenvalue weighted by Gasteiger charge is 2.32. The Morgan fingerprint density at radius 1 is 1.14 bits per heavy atom. The van der Waals surface area contributed by atoms with E-state index < -0.39 is 0 Å². The number of hydrogen-bond acceptors (Lipinski definition) is 3. The zero-order valence-corrected chi connectivity index (χ0v) is 16.3. The topological polar surface area (TPSA) is 51.8 Å². The molecule has 2 aliphatic heterocycles. The number of amides is 1. The summed E-state index contributed by atoms with van der Waals surface area (Å²) in [5.41, 5.74) is 2.73. The number of para-hydroxylation sites is 1. The number of aromatic nitrogens is 2. The minimum atomic E-state index is 0.111. The van der Waals surface area contributed by atoms with Gasteiger partial charge < -0.3 is 14.5 Å². The maximum Gasteiger partial charge on any atom is 0.273 e. The summed E-state index contributed by atoms with van der Waals surface area (Å²) in [5, 5.41) is 4.79. The standard InChI is InChI=1S/C22H28N4O2/c27-22(25-12-10-24(11-13-25)16-19-7-4-14-28-19)21-15-20(17-8-9-17)23-26(21)18-5-2-1-3-6-18/h1-3,5-6,15,17,19H,4,7-14,16H2/p+1/t19-/m1/s1. The Morgan fingerprint density at radius 2 is 1.93 bits per heavy atom. The number of carbonyl (C=O) groups is 1. The Balaban J connectivity index is 1.30. The van der Waals surface area contributed by atoms with E-state index in [-0.39, 0.29) is 5.91 Å². The van der Waals surface area contributed by atoms with Crippen molar-refractivity contribution in [2.45, 2.75) is 37.7 Å². The lowest BCUT2D eigenvalue weighted by molar-refractivity contribution is -0.906. The molecule has 1 N–H and O–H groups in total. The van der Waals surface area contributed by atoms with Crippen LogP contribution in [0.5, 0.6) is 0 Å². The molecular weight excluding hydrogens is 352 g/mol. The Labute approximate surface area is 166 Å². The van der Waals surface area contributed by atoms with Crippen LogP contribution in [-0.2, 0) is 4.74 Å². The number of nitrogens with zero attached hydrogens (tertiary/aromatic N) is 3. The molecule has 3 aliphatic rings. The number of piperazine rings is 1. The molecule has 0 spiro atoms. The molecule has 28 heavy (non-hydrogen) atoms. The van der Waals surface area contributed by atoms with Crippen LogP contribution in [0.2, 0.25) is 0 Å². The fourth-order valence-electron chi connectivity index (χ4n) is 4.42. The van der Waals surface area contributed by atoms with E-state index in [1.165, 1.54) is 25.7 Å². The highest BCUT2D eigenvalue weighted by atomic mass is 16.5. The molecule has 0 radical (unpaired) electrons. The fraction of sp³-hybridized carbons (Fsp3) is 0.545. The van der Waals surface area contributed by atoms with Gasteiger partial charge in [-0.05, 0) is 43.9 Å². The molecule has 1 aliphatic carbocycles. The third-order valence-corrected chi connectivity index (χ3v) is 6.24. The quantitative estimate of drug-likeness (QED) is 0.849. The molecule has 1 aromatic heterocycles. The summed E-state index contributed by atoms with van der Waals surface area (Å²) in [6.45, 7) is 5.60. The summed E-state index contributed by atoms with van der Waals surface area (Å²) in [4.78, 5) is 16.9. The summed E-state index contributed by atoms with van der Waals surface area (Å²) < 4.78 is 7.63. The number of quaternary nitrogens is 1. The minimum absolute atomic E-state index is 0.111. The number of carbonyl (C=O) groups excluding carboxylic acids is 1. The molecule has 1 atom stereocenters. The second kappa shape index (κ2) is 7.68. The molecule has 5 rings (SSSR count). The number of nitrogens with one attached hydrogen (secondary N) is 1. The van der Waals surface area contributed by atoms with Crippen molar-refractivity contribution in [2.24, 2.45) is 0 Å². The molecule has 1 saturated carbocycles. The summed E-state index contributed by atoms with van der Waals surface area (Å²) in [6.07, 6.45) is 5.16. The summed E-state index contributed by atoms with van der Waals surface area (Å²) in [6, 6.07) is 12.0. The monoisotopic (exact) mass is 381 g/mol. The first-order chi connectivity index (χ1) is 13.8. The molecule has 0 unspecified atom stereocenters. The molecule has 6 nitrogen and oxygen atoms in total. The van der Waals surface area contributed by atoms with Crippen LogP contribution < -0.4 is 4.90 Å². The van der Waals surface area contributed by atoms with Gasteiger partial charge in [0.2, 0.25) is 0 Å². The molecule has 1 aromatic carbocycles. The Hall–Kier alpha value is -2.18. The van der Waals surface area contributed by atoms with Gasteiger partial charge in [-0.1, -0.05) is 18.2 Å². The van der Waals surface area contributed by atoms with Crippen molar-refractivity contribution in [3.63, 3.8) is 0 Å². The van der Waals surface area contributed by atoms with Gasteiger partial charge in [0.15, 0.2) is 0 Å². The molecule has 2 saturated heterocycles. The lowest BCUT2D eigenvalue weighted by Crippen LogP contribution is -3.15. The van der Waals surface area contributed by atoms with Gasteiger partial charge in [0.25, 0.3) is 5.91 Å². The normalized spacial score (nSPS) is 23.3. The average molecular weight is 382 g/mol. The van der Waals surface area contributed by atoms with E-state index in [0.717, 1.165) is 50.7 Å². The predicted octanol–water partition coefficient (Wildman–Crippen LogP) is 1.27. The third kappa shape index (κ3) is 3.71. The fourth-order valence-corrected chi connectivity index (χ4v) is 4.42. The number of hydrogen-bond donors (Lipinski definition) is 1. The van der Waals surface area contributed by atoms with E-state index in [0.29, 0.717) is 17.7 Å². The van der Waals surface area contributed by atoms with Crippen molar-refractivity contribution in [3.05, 3.63) is 47.8 Å². The molecule has 2 aromatic rings. The van der Waals surface area contributed by atoms with Gasteiger partial charge in [-0.15, -0.1) is 0 Å². The Bertz CT molecular complexity index is 816. The van der Waals surface area contributed by atoms with Crippen LogP contribution in [0, 0.1) is 0 Å². The SMILES string of the molecule is O=C(c1cc(C2CC2)nn1-c1ccccc1)N1CC[NH+](C[C@H]2CCCO2)CC1. The number of rotatable bonds is 5. The van der Waals surface area contributed by atoms with Crippen LogP contribution in [0.15, 0.2) is 36.4 Å². The summed E-state index contributed by atoms with van der Waals surface area (Å²) in [5.74, 6) is 0.642. The molecule has 3 fully saturated rings. The zero-order valence-electron chi connectivity index (χ0n) is 16.3. The van der Waals surface area contributed by atoms with Crippen LogP contribution >= 0.6 is 0 Å². The van der Waals surface area contributed by atoms with Crippen LogP contribution in [0.1, 0.15) is 47.8 Å². The van der Waals surface area contributed by atoms with Gasteiger partial charge >= 0.3 is 0 Å². The maximum absolute atomic E-state index is 13.3. The summed E-state index contributed by atoms with van der Waals surface area (Å²) >= 11 is 0. The Morgan fingerprint density at radius 3 is 2.61 bits per heavy atom. The third-order valence-electron chi connectivity index (χ3n) is 6.24. The van der Waals surface area contributed by atoms with Gasteiger partial charge in [-0.2, -0.15) is 5.10 Å². The van der Waals surface area contributed by atoms with E-state index in [2.05, 4.69) is 0 Å². The van der Waals surface area contributed by atoms with E-state index >= 15 is 0 Å². The van der Waals surface area contributed by atoms with Crippen molar-refractivity contribution in [1.29, 1.82) is 0 Å². The number of ether oxygens (including phenoxy) is 1. The lowest BCUT2D eigenvalue weighted by Gasteiger charge is -2.33. The minimum Gasteiger partial charge on any atom is -0.372 e. The van der Waals surface area contributed by atoms with Gasteiger partial charge in [0.05, 0.1) is 37.6 Å². The molecule has 148 valence electrons. The van der Waals surface area contributed by atoms with E-state index in [1.54, 1.807) is 4.90 Å². The number of benzene rings is 1. The molecular formula is C22H29N4O2+. The first-order valence-corrected chi connectivity index (χ1v) is 10.7. The first-order valence-electron chi connectivity index (χ1n) is 10.7. The molecule has 3 heterocycles. The van der Waals surface area contributed by atoms with Crippen LogP contribution in [0.4, 0.5) is 0 Å². The van der Waals surface area contributed by atoms with Crippen LogP contribution in [0.25, 0.3) is 5.69 Å². The largest absolute Gasteiger partial charge is 0.372 e. The summed E-state index contributed by atoms with van der Waals surface area (Å²) in [7, 11) is 0. The molecule has 1 amide bonds. The highest BCUT2D eigenvalue weighted by Crippen LogP contribution is 2.39. The van der Waals surface area contributed by atoms with Gasteiger partial charge in [0, 0.05) is 12.5 Å². The van der Waals surface area contributed by atoms with Crippen molar-refractivity contribution >= 4 is 5.91 Å². The molecule has 0 bridgehead atoms. The van der Waals surface area contributed by atoms with E-state index in [4.69, 9.17) is 9.84 Å². The first kappa shape index (κ1) is 17.9.